The van der Waals surface area contributed by atoms with E-state index in [0.29, 0.717) is 5.75 Å². The van der Waals surface area contributed by atoms with Gasteiger partial charge in [-0.3, -0.25) is 13.9 Å². The Kier molecular flexibility index (Phi) is 6.68. The molecule has 0 heterocycles. The van der Waals surface area contributed by atoms with E-state index >= 15 is 0 Å². The minimum Gasteiger partial charge on any atom is -0.324 e. The predicted molar refractivity (Wildman–Crippen MR) is 83.8 cm³/mol. The second kappa shape index (κ2) is 7.77. The molecule has 0 fully saturated rings. The maximum Gasteiger partial charge on any atom is 0.238 e. The van der Waals surface area contributed by atoms with Crippen LogP contribution in [0.5, 0.6) is 0 Å². The molecule has 0 bridgehead atoms. The molecule has 0 radical (unpaired) electrons. The Morgan fingerprint density at radius 1 is 1.47 bits per heavy atom. The highest BCUT2D eigenvalue weighted by Gasteiger charge is 2.14. The monoisotopic (exact) mass is 346 g/mol. The van der Waals surface area contributed by atoms with Crippen LogP contribution in [0, 0.1) is 0 Å². The van der Waals surface area contributed by atoms with Gasteiger partial charge in [-0.1, -0.05) is 12.1 Å². The fourth-order valence-corrected chi connectivity index (χ4v) is 2.92. The first-order valence-electron chi connectivity index (χ1n) is 5.94. The number of carbonyl (C=O) groups is 1. The number of benzene rings is 1. The highest BCUT2D eigenvalue weighted by Crippen LogP contribution is 2.20. The molecule has 0 aliphatic carbocycles. The summed E-state index contributed by atoms with van der Waals surface area (Å²) in [5.41, 5.74) is 0.757. The molecule has 0 spiro atoms. The van der Waals surface area contributed by atoms with Crippen LogP contribution in [0.15, 0.2) is 28.7 Å². The van der Waals surface area contributed by atoms with Crippen molar-refractivity contribution in [3.8, 4) is 0 Å². The SMILES string of the molecule is C[C@H](C[S@](C)=O)N(C)CC(=O)Nc1ccccc1Br. The van der Waals surface area contributed by atoms with Gasteiger partial charge in [-0.15, -0.1) is 0 Å². The molecule has 2 atom stereocenters. The van der Waals surface area contributed by atoms with E-state index in [9.17, 15) is 9.00 Å². The Labute approximate surface area is 125 Å². The van der Waals surface area contributed by atoms with Crippen LogP contribution >= 0.6 is 15.9 Å². The smallest absolute Gasteiger partial charge is 0.238 e. The molecular formula is C13H19BrN2O2S. The first kappa shape index (κ1) is 16.3. The summed E-state index contributed by atoms with van der Waals surface area (Å²) in [6, 6.07) is 7.59. The average Bonchev–Trinajstić information content (AvgIpc) is 2.31. The van der Waals surface area contributed by atoms with Crippen molar-refractivity contribution in [1.82, 2.24) is 4.90 Å². The number of hydrogen-bond donors (Lipinski definition) is 1. The summed E-state index contributed by atoms with van der Waals surface area (Å²) in [5, 5.41) is 2.85. The average molecular weight is 347 g/mol. The van der Waals surface area contributed by atoms with Crippen molar-refractivity contribution in [3.05, 3.63) is 28.7 Å². The van der Waals surface area contributed by atoms with Gasteiger partial charge in [0.1, 0.15) is 0 Å². The van der Waals surface area contributed by atoms with Gasteiger partial charge in [0.2, 0.25) is 5.91 Å². The Hall–Kier alpha value is -0.720. The van der Waals surface area contributed by atoms with Crippen LogP contribution in [0.1, 0.15) is 6.92 Å². The van der Waals surface area contributed by atoms with Gasteiger partial charge in [0, 0.05) is 33.3 Å². The number of amides is 1. The lowest BCUT2D eigenvalue weighted by Gasteiger charge is -2.23. The van der Waals surface area contributed by atoms with Crippen molar-refractivity contribution in [3.63, 3.8) is 0 Å². The van der Waals surface area contributed by atoms with Gasteiger partial charge in [-0.2, -0.15) is 0 Å². The summed E-state index contributed by atoms with van der Waals surface area (Å²) in [6.07, 6.45) is 1.67. The number of anilines is 1. The molecule has 1 amide bonds. The Bertz CT molecular complexity index is 468. The van der Waals surface area contributed by atoms with E-state index in [2.05, 4.69) is 21.2 Å². The van der Waals surface area contributed by atoms with Gasteiger partial charge in [0.15, 0.2) is 0 Å². The van der Waals surface area contributed by atoms with Crippen LogP contribution in [0.4, 0.5) is 5.69 Å². The minimum atomic E-state index is -0.854. The minimum absolute atomic E-state index is 0.0804. The molecular weight excluding hydrogens is 328 g/mol. The maximum atomic E-state index is 11.9. The van der Waals surface area contributed by atoms with Crippen LogP contribution in [-0.2, 0) is 15.6 Å². The molecule has 0 saturated carbocycles. The molecule has 0 aliphatic rings. The third kappa shape index (κ3) is 5.84. The molecule has 1 N–H and O–H groups in total. The van der Waals surface area contributed by atoms with E-state index < -0.39 is 10.8 Å². The van der Waals surface area contributed by atoms with Crippen molar-refractivity contribution in [2.24, 2.45) is 0 Å². The van der Waals surface area contributed by atoms with Crippen LogP contribution in [0.25, 0.3) is 0 Å². The molecule has 19 heavy (non-hydrogen) atoms. The fraction of sp³-hybridized carbons (Fsp3) is 0.462. The molecule has 6 heteroatoms. The van der Waals surface area contributed by atoms with E-state index in [1.807, 2.05) is 43.1 Å². The third-order valence-electron chi connectivity index (χ3n) is 2.77. The van der Waals surface area contributed by atoms with Crippen molar-refractivity contribution >= 4 is 38.3 Å². The predicted octanol–water partition coefficient (Wildman–Crippen LogP) is 2.09. The molecule has 0 unspecified atom stereocenters. The fourth-order valence-electron chi connectivity index (χ4n) is 1.60. The van der Waals surface area contributed by atoms with Crippen molar-refractivity contribution in [2.75, 3.05) is 30.9 Å². The number of carbonyl (C=O) groups excluding carboxylic acids is 1. The second-order valence-electron chi connectivity index (χ2n) is 4.53. The number of hydrogen-bond acceptors (Lipinski definition) is 3. The van der Waals surface area contributed by atoms with Crippen LogP contribution in [0.2, 0.25) is 0 Å². The van der Waals surface area contributed by atoms with Crippen LogP contribution < -0.4 is 5.32 Å². The molecule has 0 aliphatic heterocycles. The number of halogens is 1. The number of para-hydroxylation sites is 1. The Morgan fingerprint density at radius 3 is 2.68 bits per heavy atom. The molecule has 4 nitrogen and oxygen atoms in total. The zero-order chi connectivity index (χ0) is 14.4. The van der Waals surface area contributed by atoms with Gasteiger partial charge in [0.25, 0.3) is 0 Å². The van der Waals surface area contributed by atoms with E-state index in [0.717, 1.165) is 10.2 Å². The Balaban J connectivity index is 2.51. The van der Waals surface area contributed by atoms with E-state index in [-0.39, 0.29) is 18.5 Å². The van der Waals surface area contributed by atoms with Gasteiger partial charge in [-0.25, -0.2) is 0 Å². The van der Waals surface area contributed by atoms with Crippen LogP contribution in [-0.4, -0.2) is 46.7 Å². The quantitative estimate of drug-likeness (QED) is 0.857. The summed E-state index contributed by atoms with van der Waals surface area (Å²) in [5.74, 6) is 0.488. The third-order valence-corrected chi connectivity index (χ3v) is 4.41. The lowest BCUT2D eigenvalue weighted by Crippen LogP contribution is -2.39. The summed E-state index contributed by atoms with van der Waals surface area (Å²) in [7, 11) is 1.00. The summed E-state index contributed by atoms with van der Waals surface area (Å²) in [6.45, 7) is 2.24. The molecule has 106 valence electrons. The summed E-state index contributed by atoms with van der Waals surface area (Å²) in [4.78, 5) is 13.8. The highest BCUT2D eigenvalue weighted by atomic mass is 79.9. The number of nitrogens with zero attached hydrogens (tertiary/aromatic N) is 1. The van der Waals surface area contributed by atoms with Gasteiger partial charge < -0.3 is 5.32 Å². The second-order valence-corrected chi connectivity index (χ2v) is 6.87. The first-order chi connectivity index (χ1) is 8.90. The molecule has 1 rings (SSSR count). The van der Waals surface area contributed by atoms with E-state index in [1.54, 1.807) is 6.26 Å². The van der Waals surface area contributed by atoms with Gasteiger partial charge in [0.05, 0.1) is 12.2 Å². The number of nitrogens with one attached hydrogen (secondary N) is 1. The van der Waals surface area contributed by atoms with Crippen molar-refractivity contribution in [1.29, 1.82) is 0 Å². The largest absolute Gasteiger partial charge is 0.324 e. The topological polar surface area (TPSA) is 49.4 Å². The summed E-state index contributed by atoms with van der Waals surface area (Å²) >= 11 is 3.38. The molecule has 1 aromatic rings. The maximum absolute atomic E-state index is 11.9. The molecule has 0 aromatic heterocycles. The lowest BCUT2D eigenvalue weighted by molar-refractivity contribution is -0.117. The first-order valence-corrected chi connectivity index (χ1v) is 8.47. The zero-order valence-corrected chi connectivity index (χ0v) is 13.8. The van der Waals surface area contributed by atoms with Crippen molar-refractivity contribution in [2.45, 2.75) is 13.0 Å². The molecule has 0 saturated heterocycles. The van der Waals surface area contributed by atoms with Crippen LogP contribution in [0.3, 0.4) is 0 Å². The number of rotatable bonds is 6. The molecule has 1 aromatic carbocycles. The van der Waals surface area contributed by atoms with Gasteiger partial charge >= 0.3 is 0 Å². The zero-order valence-electron chi connectivity index (χ0n) is 11.4. The van der Waals surface area contributed by atoms with E-state index in [4.69, 9.17) is 0 Å². The lowest BCUT2D eigenvalue weighted by atomic mass is 10.3. The summed E-state index contributed by atoms with van der Waals surface area (Å²) < 4.78 is 12.0. The Morgan fingerprint density at radius 2 is 2.11 bits per heavy atom. The van der Waals surface area contributed by atoms with Gasteiger partial charge in [-0.05, 0) is 42.0 Å². The standard InChI is InChI=1S/C13H19BrN2O2S/c1-10(9-19(3)18)16(2)8-13(17)15-12-7-5-4-6-11(12)14/h4-7,10H,8-9H2,1-3H3,(H,15,17)/t10-,19+/m1/s1. The highest BCUT2D eigenvalue weighted by molar-refractivity contribution is 9.10. The van der Waals surface area contributed by atoms with Crippen molar-refractivity contribution < 1.29 is 9.00 Å². The van der Waals surface area contributed by atoms with E-state index in [1.165, 1.54) is 0 Å². The normalized spacial score (nSPS) is 14.2. The number of likely N-dealkylation sites (N-methyl/N-ethyl adjacent to an activating group) is 1.